The van der Waals surface area contributed by atoms with E-state index < -0.39 is 23.6 Å². The van der Waals surface area contributed by atoms with Crippen molar-refractivity contribution in [1.82, 2.24) is 0 Å². The molecule has 0 saturated carbocycles. The predicted octanol–water partition coefficient (Wildman–Crippen LogP) is 6.65. The highest BCUT2D eigenvalue weighted by Crippen LogP contribution is 2.44. The van der Waals surface area contributed by atoms with Crippen LogP contribution in [0.3, 0.4) is 0 Å². The molecular weight excluding hydrogens is 518 g/mol. The lowest BCUT2D eigenvalue weighted by Gasteiger charge is -2.34. The van der Waals surface area contributed by atoms with E-state index in [-0.39, 0.29) is 5.75 Å². The number of carboxylic acids is 1. The minimum absolute atomic E-state index is 0.00814. The van der Waals surface area contributed by atoms with Gasteiger partial charge in [-0.25, -0.2) is 9.59 Å². The molecule has 1 atom stereocenters. The molecule has 0 heterocycles. The van der Waals surface area contributed by atoms with E-state index in [4.69, 9.17) is 9.84 Å². The zero-order valence-electron chi connectivity index (χ0n) is 16.6. The molecule has 0 unspecified atom stereocenters. The molecule has 1 amide bonds. The molecule has 2 rings (SSSR count). The number of phenolic OH excluding ortho intramolecular Hbond substituents is 1. The summed E-state index contributed by atoms with van der Waals surface area (Å²) in [5, 5.41) is 21.9. The summed E-state index contributed by atoms with van der Waals surface area (Å²) in [5.74, 6) is -1.01. The van der Waals surface area contributed by atoms with Gasteiger partial charge in [0, 0.05) is 31.7 Å². The highest BCUT2D eigenvalue weighted by molar-refractivity contribution is 9.10. The molecule has 0 aliphatic rings. The van der Waals surface area contributed by atoms with Gasteiger partial charge in [-0.3, -0.25) is 5.32 Å². The fraction of sp³-hybridized carbons (Fsp3) is 0.273. The number of carboxylic acid groups (broad SMARTS) is 1. The monoisotopic (exact) mass is 539 g/mol. The molecule has 0 aromatic heterocycles. The maximum atomic E-state index is 12.6. The molecule has 30 heavy (non-hydrogen) atoms. The Balaban J connectivity index is 2.26. The van der Waals surface area contributed by atoms with E-state index in [0.717, 1.165) is 15.0 Å². The van der Waals surface area contributed by atoms with E-state index in [1.54, 1.807) is 42.5 Å². The quantitative estimate of drug-likeness (QED) is 0.325. The van der Waals surface area contributed by atoms with Gasteiger partial charge in [0.1, 0.15) is 11.9 Å². The first-order valence-corrected chi connectivity index (χ1v) is 10.8. The van der Waals surface area contributed by atoms with Gasteiger partial charge in [0.15, 0.2) is 0 Å². The van der Waals surface area contributed by atoms with E-state index in [1.165, 1.54) is 6.07 Å². The second-order valence-corrected chi connectivity index (χ2v) is 9.22. The number of benzene rings is 2. The third kappa shape index (κ3) is 7.18. The second kappa shape index (κ2) is 10.6. The maximum absolute atomic E-state index is 12.6. The van der Waals surface area contributed by atoms with Crippen LogP contribution < -0.4 is 5.32 Å². The maximum Gasteiger partial charge on any atom is 0.412 e. The number of hydrogen-bond acceptors (Lipinski definition) is 4. The number of carbonyl (C=O) groups is 2. The van der Waals surface area contributed by atoms with Crippen molar-refractivity contribution in [3.8, 4) is 5.75 Å². The first-order valence-electron chi connectivity index (χ1n) is 9.19. The van der Waals surface area contributed by atoms with Crippen LogP contribution in [0.15, 0.2) is 63.6 Å². The van der Waals surface area contributed by atoms with Crippen LogP contribution in [-0.2, 0) is 9.53 Å². The molecule has 0 fully saturated rings. The molecular formula is C22H23Br2NO5. The summed E-state index contributed by atoms with van der Waals surface area (Å²) in [7, 11) is 0. The van der Waals surface area contributed by atoms with Gasteiger partial charge >= 0.3 is 12.1 Å². The second-order valence-electron chi connectivity index (χ2n) is 7.39. The SMILES string of the molecule is CC(C)(CC/C=C/C(=O)O)[C@@H](OC(=O)Nc1ccc(Br)cc1)c1cc(Br)ccc1O. The fourth-order valence-electron chi connectivity index (χ4n) is 2.94. The van der Waals surface area contributed by atoms with Crippen LogP contribution in [0.1, 0.15) is 38.4 Å². The molecule has 0 aliphatic carbocycles. The van der Waals surface area contributed by atoms with E-state index in [1.807, 2.05) is 13.8 Å². The summed E-state index contributed by atoms with van der Waals surface area (Å²) in [6.45, 7) is 3.80. The van der Waals surface area contributed by atoms with Crippen molar-refractivity contribution in [2.24, 2.45) is 5.41 Å². The van der Waals surface area contributed by atoms with Crippen molar-refractivity contribution in [1.29, 1.82) is 0 Å². The van der Waals surface area contributed by atoms with Crippen LogP contribution in [-0.4, -0.2) is 22.3 Å². The number of carbonyl (C=O) groups excluding carboxylic acids is 1. The molecule has 0 bridgehead atoms. The van der Waals surface area contributed by atoms with E-state index in [2.05, 4.69) is 37.2 Å². The molecule has 3 N–H and O–H groups in total. The normalized spacial score (nSPS) is 12.5. The first kappa shape index (κ1) is 24.0. The molecule has 2 aromatic rings. The van der Waals surface area contributed by atoms with Gasteiger partial charge in [0.2, 0.25) is 0 Å². The summed E-state index contributed by atoms with van der Waals surface area (Å²) in [6, 6.07) is 12.0. The number of nitrogens with one attached hydrogen (secondary N) is 1. The third-order valence-electron chi connectivity index (χ3n) is 4.51. The van der Waals surface area contributed by atoms with Crippen molar-refractivity contribution in [2.45, 2.75) is 32.8 Å². The van der Waals surface area contributed by atoms with Crippen LogP contribution in [0.5, 0.6) is 5.75 Å². The Morgan fingerprint density at radius 3 is 2.40 bits per heavy atom. The van der Waals surface area contributed by atoms with Crippen LogP contribution >= 0.6 is 31.9 Å². The van der Waals surface area contributed by atoms with Gasteiger partial charge < -0.3 is 14.9 Å². The number of allylic oxidation sites excluding steroid dienone is 1. The largest absolute Gasteiger partial charge is 0.508 e. The van der Waals surface area contributed by atoms with Crippen LogP contribution in [0.2, 0.25) is 0 Å². The Morgan fingerprint density at radius 2 is 1.77 bits per heavy atom. The highest BCUT2D eigenvalue weighted by Gasteiger charge is 2.35. The first-order chi connectivity index (χ1) is 14.1. The molecule has 0 radical (unpaired) electrons. The fourth-order valence-corrected chi connectivity index (χ4v) is 3.58. The smallest absolute Gasteiger partial charge is 0.412 e. The molecule has 8 heteroatoms. The Morgan fingerprint density at radius 1 is 1.13 bits per heavy atom. The number of anilines is 1. The van der Waals surface area contributed by atoms with Gasteiger partial charge in [-0.1, -0.05) is 51.8 Å². The van der Waals surface area contributed by atoms with Crippen molar-refractivity contribution in [2.75, 3.05) is 5.32 Å². The predicted molar refractivity (Wildman–Crippen MR) is 123 cm³/mol. The summed E-state index contributed by atoms with van der Waals surface area (Å²) in [5.41, 5.74) is 0.434. The van der Waals surface area contributed by atoms with Crippen molar-refractivity contribution < 1.29 is 24.5 Å². The van der Waals surface area contributed by atoms with Crippen LogP contribution in [0.25, 0.3) is 0 Å². The number of hydrogen-bond donors (Lipinski definition) is 3. The number of phenols is 1. The van der Waals surface area contributed by atoms with Gasteiger partial charge in [-0.15, -0.1) is 0 Å². The Hall–Kier alpha value is -2.32. The van der Waals surface area contributed by atoms with Gasteiger partial charge in [0.25, 0.3) is 0 Å². The van der Waals surface area contributed by atoms with Crippen LogP contribution in [0, 0.1) is 5.41 Å². The number of ether oxygens (including phenoxy) is 1. The van der Waals surface area contributed by atoms with Crippen molar-refractivity contribution >= 4 is 49.6 Å². The number of aromatic hydroxyl groups is 1. The minimum atomic E-state index is -1.01. The standard InChI is InChI=1S/C22H23Br2NO5/c1-22(2,12-4-3-5-19(27)28)20(17-13-15(24)8-11-18(17)26)30-21(29)25-16-9-6-14(23)7-10-16/h3,5-11,13,20,26H,4,12H2,1-2H3,(H,25,29)(H,27,28)/b5-3+/t20-/m0/s1. The number of halogens is 2. The summed E-state index contributed by atoms with van der Waals surface area (Å²) < 4.78 is 7.38. The third-order valence-corrected chi connectivity index (χ3v) is 5.54. The van der Waals surface area contributed by atoms with E-state index in [9.17, 15) is 14.7 Å². The Kier molecular flexibility index (Phi) is 8.49. The minimum Gasteiger partial charge on any atom is -0.508 e. The zero-order chi connectivity index (χ0) is 22.3. The lowest BCUT2D eigenvalue weighted by Crippen LogP contribution is -2.29. The van der Waals surface area contributed by atoms with E-state index in [0.29, 0.717) is 24.1 Å². The molecule has 6 nitrogen and oxygen atoms in total. The van der Waals surface area contributed by atoms with Gasteiger partial charge in [0.05, 0.1) is 0 Å². The van der Waals surface area contributed by atoms with E-state index >= 15 is 0 Å². The summed E-state index contributed by atoms with van der Waals surface area (Å²) in [6.07, 6.45) is 2.22. The average molecular weight is 541 g/mol. The molecule has 160 valence electrons. The lowest BCUT2D eigenvalue weighted by atomic mass is 9.78. The topological polar surface area (TPSA) is 95.9 Å². The molecule has 0 spiro atoms. The molecule has 2 aromatic carbocycles. The van der Waals surface area contributed by atoms with Crippen LogP contribution in [0.4, 0.5) is 10.5 Å². The lowest BCUT2D eigenvalue weighted by molar-refractivity contribution is -0.131. The Bertz CT molecular complexity index is 926. The Labute approximate surface area is 192 Å². The van der Waals surface area contributed by atoms with Gasteiger partial charge in [-0.2, -0.15) is 0 Å². The zero-order valence-corrected chi connectivity index (χ0v) is 19.7. The average Bonchev–Trinajstić information content (AvgIpc) is 2.67. The van der Waals surface area contributed by atoms with Crippen molar-refractivity contribution in [3.63, 3.8) is 0 Å². The van der Waals surface area contributed by atoms with Crippen molar-refractivity contribution in [3.05, 3.63) is 69.1 Å². The van der Waals surface area contributed by atoms with Gasteiger partial charge in [-0.05, 0) is 55.3 Å². The highest BCUT2D eigenvalue weighted by atomic mass is 79.9. The number of rotatable bonds is 8. The summed E-state index contributed by atoms with van der Waals surface area (Å²) in [4.78, 5) is 23.3. The summed E-state index contributed by atoms with van der Waals surface area (Å²) >= 11 is 6.73. The molecule has 0 saturated heterocycles. The number of aliphatic carboxylic acids is 1. The molecule has 0 aliphatic heterocycles. The number of amides is 1.